The first-order chi connectivity index (χ1) is 20.6. The van der Waals surface area contributed by atoms with Gasteiger partial charge in [-0.3, -0.25) is 0 Å². The molecule has 2 N–H and O–H groups in total. The van der Waals surface area contributed by atoms with Crippen LogP contribution >= 0.6 is 11.8 Å². The van der Waals surface area contributed by atoms with Crippen LogP contribution < -0.4 is 9.62 Å². The van der Waals surface area contributed by atoms with Crippen LogP contribution in [0, 0.1) is 0 Å². The molecule has 2 aliphatic heterocycles. The highest BCUT2D eigenvalue weighted by molar-refractivity contribution is 7.99. The third-order valence-electron chi connectivity index (χ3n) is 8.77. The van der Waals surface area contributed by atoms with E-state index in [0.29, 0.717) is 18.4 Å². The topological polar surface area (TPSA) is 71.7 Å². The summed E-state index contributed by atoms with van der Waals surface area (Å²) < 4.78 is 25.6. The van der Waals surface area contributed by atoms with E-state index in [1.54, 1.807) is 0 Å². The number of aromatic amines is 1. The zero-order valence-corrected chi connectivity index (χ0v) is 27.6. The molecule has 0 aliphatic carbocycles. The second kappa shape index (κ2) is 13.9. The van der Waals surface area contributed by atoms with E-state index in [1.807, 2.05) is 17.8 Å². The first-order valence-electron chi connectivity index (χ1n) is 15.1. The Kier molecular flexibility index (Phi) is 10.2. The van der Waals surface area contributed by atoms with Gasteiger partial charge in [-0.25, -0.2) is 13.1 Å². The minimum Gasteiger partial charge on any atom is -0.361 e. The average molecular weight is 620 g/mol. The van der Waals surface area contributed by atoms with Crippen molar-refractivity contribution < 1.29 is 8.42 Å². The predicted molar refractivity (Wildman–Crippen MR) is 181 cm³/mol. The van der Waals surface area contributed by atoms with Gasteiger partial charge in [-0.05, 0) is 121 Å². The maximum atomic E-state index is 11.6. The summed E-state index contributed by atoms with van der Waals surface area (Å²) in [6.45, 7) is 5.55. The van der Waals surface area contributed by atoms with E-state index in [0.717, 1.165) is 30.7 Å². The van der Waals surface area contributed by atoms with Crippen LogP contribution in [-0.2, 0) is 16.4 Å². The first kappa shape index (κ1) is 31.6. The molecule has 7 nitrogen and oxygen atoms in total. The molecule has 2 aliphatic rings. The lowest BCUT2D eigenvalue weighted by Crippen LogP contribution is -2.37. The minimum atomic E-state index is -3.16. The maximum Gasteiger partial charge on any atom is 0.211 e. The third-order valence-corrected chi connectivity index (χ3v) is 11.3. The zero-order valence-electron chi connectivity index (χ0n) is 26.0. The number of likely N-dealkylation sites (tertiary alicyclic amines) is 1. The fourth-order valence-corrected chi connectivity index (χ4v) is 7.57. The molecule has 0 saturated carbocycles. The van der Waals surface area contributed by atoms with Crippen molar-refractivity contribution in [3.8, 4) is 0 Å². The van der Waals surface area contributed by atoms with Gasteiger partial charge >= 0.3 is 0 Å². The van der Waals surface area contributed by atoms with Crippen LogP contribution in [0.5, 0.6) is 0 Å². The number of aromatic nitrogens is 1. The quantitative estimate of drug-likeness (QED) is 0.241. The summed E-state index contributed by atoms with van der Waals surface area (Å²) in [6.07, 6.45) is 5.04. The van der Waals surface area contributed by atoms with Crippen molar-refractivity contribution in [3.05, 3.63) is 84.1 Å². The molecule has 0 bridgehead atoms. The van der Waals surface area contributed by atoms with E-state index in [-0.39, 0.29) is 5.75 Å². The van der Waals surface area contributed by atoms with E-state index >= 15 is 0 Å². The lowest BCUT2D eigenvalue weighted by atomic mass is 9.89. The molecule has 0 radical (unpaired) electrons. The van der Waals surface area contributed by atoms with Crippen molar-refractivity contribution in [1.82, 2.24) is 19.5 Å². The Bertz CT molecular complexity index is 1580. The number of hydrogen-bond acceptors (Lipinski definition) is 6. The number of H-pyrrole nitrogens is 1. The second-order valence-corrected chi connectivity index (χ2v) is 15.1. The Morgan fingerprint density at radius 1 is 1.00 bits per heavy atom. The molecule has 3 heterocycles. The molecular formula is C34H45N5O2S2. The molecule has 3 aromatic carbocycles. The molecule has 1 atom stereocenters. The molecule has 6 rings (SSSR count). The number of rotatable bonds is 8. The van der Waals surface area contributed by atoms with Crippen molar-refractivity contribution in [1.29, 1.82) is 0 Å². The normalized spacial score (nSPS) is 16.5. The second-order valence-electron chi connectivity index (χ2n) is 11.9. The van der Waals surface area contributed by atoms with E-state index in [9.17, 15) is 8.42 Å². The van der Waals surface area contributed by atoms with Gasteiger partial charge in [0.1, 0.15) is 0 Å². The van der Waals surface area contributed by atoms with Gasteiger partial charge in [0, 0.05) is 39.5 Å². The molecule has 230 valence electrons. The number of fused-ring (bicyclic) bond motifs is 3. The van der Waals surface area contributed by atoms with Crippen molar-refractivity contribution in [3.63, 3.8) is 0 Å². The molecule has 0 amide bonds. The van der Waals surface area contributed by atoms with Gasteiger partial charge in [0.25, 0.3) is 0 Å². The molecule has 9 heteroatoms. The van der Waals surface area contributed by atoms with Gasteiger partial charge in [-0.1, -0.05) is 42.1 Å². The zero-order chi connectivity index (χ0) is 30.6. The van der Waals surface area contributed by atoms with Crippen LogP contribution in [0.3, 0.4) is 0 Å². The van der Waals surface area contributed by atoms with Crippen LogP contribution in [0.2, 0.25) is 0 Å². The number of nitrogens with zero attached hydrogens (tertiary/aromatic N) is 3. The van der Waals surface area contributed by atoms with E-state index in [2.05, 4.69) is 119 Å². The molecule has 1 fully saturated rings. The van der Waals surface area contributed by atoms with E-state index in [4.69, 9.17) is 0 Å². The molecule has 1 saturated heterocycles. The molecule has 43 heavy (non-hydrogen) atoms. The summed E-state index contributed by atoms with van der Waals surface area (Å²) in [5, 5.41) is 1.25. The van der Waals surface area contributed by atoms with Crippen molar-refractivity contribution in [2.45, 2.75) is 47.9 Å². The summed E-state index contributed by atoms with van der Waals surface area (Å²) in [7, 11) is 4.76. The van der Waals surface area contributed by atoms with E-state index in [1.165, 1.54) is 52.0 Å². The molecule has 4 aromatic rings. The van der Waals surface area contributed by atoms with Crippen LogP contribution in [0.15, 0.2) is 82.7 Å². The number of hydrogen-bond donors (Lipinski definition) is 2. The number of piperidine rings is 1. The highest BCUT2D eigenvalue weighted by Gasteiger charge is 2.24. The Morgan fingerprint density at radius 2 is 1.63 bits per heavy atom. The fourth-order valence-electron chi connectivity index (χ4n) is 5.76. The summed E-state index contributed by atoms with van der Waals surface area (Å²) in [5.41, 5.74) is 6.24. The van der Waals surface area contributed by atoms with Gasteiger partial charge in [-0.15, -0.1) is 0 Å². The summed E-state index contributed by atoms with van der Waals surface area (Å²) in [6, 6.07) is 24.1. The lowest BCUT2D eigenvalue weighted by Gasteiger charge is -2.36. The van der Waals surface area contributed by atoms with Crippen molar-refractivity contribution in [2.24, 2.45) is 0 Å². The van der Waals surface area contributed by atoms with Crippen LogP contribution in [0.1, 0.15) is 36.8 Å². The fraction of sp³-hybridized carbons (Fsp3) is 0.412. The predicted octanol–water partition coefficient (Wildman–Crippen LogP) is 6.31. The van der Waals surface area contributed by atoms with Gasteiger partial charge in [0.15, 0.2) is 0 Å². The number of sulfonamides is 1. The van der Waals surface area contributed by atoms with Gasteiger partial charge in [0.2, 0.25) is 10.0 Å². The summed E-state index contributed by atoms with van der Waals surface area (Å²) in [4.78, 5) is 13.1. The van der Waals surface area contributed by atoms with Gasteiger partial charge < -0.3 is 19.7 Å². The Balaban J connectivity index is 0.000000173. The standard InChI is InChI=1S/C17H25N3O2S.C17H20N2S/c1-18-23(21,22)10-7-13-3-4-17-15(11-13)16(12-19-17)14-5-8-20(2)9-6-14;1-13(18(2)3)12-19-14-8-4-6-10-16(14)20-17-11-7-5-9-15(17)19/h3-4,11-12,14,18-19H,5-10H2,1-2H3;4-11,13H,12H2,1-3H3. The summed E-state index contributed by atoms with van der Waals surface area (Å²) >= 11 is 1.87. The van der Waals surface area contributed by atoms with E-state index < -0.39 is 10.0 Å². The monoisotopic (exact) mass is 619 g/mol. The summed E-state index contributed by atoms with van der Waals surface area (Å²) in [5.74, 6) is 0.722. The number of para-hydroxylation sites is 2. The van der Waals surface area contributed by atoms with Crippen LogP contribution in [-0.4, -0.2) is 82.8 Å². The van der Waals surface area contributed by atoms with Crippen molar-refractivity contribution in [2.75, 3.05) is 58.5 Å². The molecule has 1 aromatic heterocycles. The smallest absolute Gasteiger partial charge is 0.211 e. The van der Waals surface area contributed by atoms with Crippen molar-refractivity contribution >= 4 is 44.1 Å². The molecule has 0 spiro atoms. The average Bonchev–Trinajstić information content (AvgIpc) is 3.44. The maximum absolute atomic E-state index is 11.6. The lowest BCUT2D eigenvalue weighted by molar-refractivity contribution is 0.256. The number of likely N-dealkylation sites (N-methyl/N-ethyl adjacent to an activating group) is 1. The number of aryl methyl sites for hydroxylation is 1. The highest BCUT2D eigenvalue weighted by Crippen LogP contribution is 2.47. The van der Waals surface area contributed by atoms with Crippen LogP contribution in [0.25, 0.3) is 10.9 Å². The first-order valence-corrected chi connectivity index (χ1v) is 17.6. The number of anilines is 2. The molecule has 1 unspecified atom stereocenters. The van der Waals surface area contributed by atoms with Crippen LogP contribution in [0.4, 0.5) is 11.4 Å². The van der Waals surface area contributed by atoms with Gasteiger partial charge in [0.05, 0.1) is 17.1 Å². The number of nitrogens with one attached hydrogen (secondary N) is 2. The minimum absolute atomic E-state index is 0.128. The Labute approximate surface area is 261 Å². The van der Waals surface area contributed by atoms with Gasteiger partial charge in [-0.2, -0.15) is 0 Å². The largest absolute Gasteiger partial charge is 0.361 e. The Morgan fingerprint density at radius 3 is 2.23 bits per heavy atom. The highest BCUT2D eigenvalue weighted by atomic mass is 32.2. The SMILES string of the molecule is CC(CN1c2ccccc2Sc2ccccc21)N(C)C.CNS(=O)(=O)CCc1ccc2[nH]cc(C3CCN(C)CC3)c2c1. The molecular weight excluding hydrogens is 575 g/mol. The Hall–Kier alpha value is -2.82. The number of benzene rings is 3. The third kappa shape index (κ3) is 7.64.